The summed E-state index contributed by atoms with van der Waals surface area (Å²) in [4.78, 5) is 13.3. The normalized spacial score (nSPS) is 22.6. The number of thioether (sulfide) groups is 1. The quantitative estimate of drug-likeness (QED) is 0.847. The van der Waals surface area contributed by atoms with Crippen molar-refractivity contribution in [3.63, 3.8) is 0 Å². The van der Waals surface area contributed by atoms with Crippen molar-refractivity contribution >= 4 is 17.7 Å². The molecule has 20 heavy (non-hydrogen) atoms. The second-order valence-corrected chi connectivity index (χ2v) is 7.01. The van der Waals surface area contributed by atoms with Gasteiger partial charge in [-0.15, -0.1) is 11.8 Å². The van der Waals surface area contributed by atoms with Gasteiger partial charge >= 0.3 is 0 Å². The van der Waals surface area contributed by atoms with Crippen LogP contribution in [0.1, 0.15) is 43.7 Å². The van der Waals surface area contributed by atoms with E-state index >= 15 is 0 Å². The Morgan fingerprint density at radius 1 is 1.30 bits per heavy atom. The van der Waals surface area contributed by atoms with Crippen molar-refractivity contribution in [1.82, 2.24) is 5.32 Å². The third-order valence-electron chi connectivity index (χ3n) is 4.16. The Balaban J connectivity index is 1.84. The van der Waals surface area contributed by atoms with E-state index in [0.29, 0.717) is 17.7 Å². The molecule has 0 radical (unpaired) electrons. The van der Waals surface area contributed by atoms with Crippen molar-refractivity contribution in [3.05, 3.63) is 29.3 Å². The number of nitrogens with one attached hydrogen (secondary N) is 1. The number of hydrogen-bond acceptors (Lipinski definition) is 2. The molecule has 0 unspecified atom stereocenters. The van der Waals surface area contributed by atoms with E-state index in [-0.39, 0.29) is 5.91 Å². The molecular formula is C17H25NOS. The summed E-state index contributed by atoms with van der Waals surface area (Å²) >= 11 is 1.65. The Bertz CT molecular complexity index is 472. The predicted molar refractivity (Wildman–Crippen MR) is 86.2 cm³/mol. The molecule has 0 heterocycles. The number of rotatable bonds is 4. The highest BCUT2D eigenvalue weighted by molar-refractivity contribution is 8.00. The maximum Gasteiger partial charge on any atom is 0.230 e. The topological polar surface area (TPSA) is 29.1 Å². The second kappa shape index (κ2) is 7.16. The van der Waals surface area contributed by atoms with E-state index in [1.807, 2.05) is 0 Å². The van der Waals surface area contributed by atoms with E-state index in [4.69, 9.17) is 0 Å². The number of carbonyl (C=O) groups excluding carboxylic acids is 1. The van der Waals surface area contributed by atoms with Crippen LogP contribution in [0.25, 0.3) is 0 Å². The Morgan fingerprint density at radius 3 is 2.80 bits per heavy atom. The minimum Gasteiger partial charge on any atom is -0.352 e. The zero-order valence-corrected chi connectivity index (χ0v) is 13.6. The van der Waals surface area contributed by atoms with Crippen LogP contribution in [-0.4, -0.2) is 17.7 Å². The zero-order chi connectivity index (χ0) is 14.5. The van der Waals surface area contributed by atoms with Crippen molar-refractivity contribution < 1.29 is 4.79 Å². The van der Waals surface area contributed by atoms with Gasteiger partial charge in [0.25, 0.3) is 0 Å². The van der Waals surface area contributed by atoms with Crippen LogP contribution >= 0.6 is 11.8 Å². The lowest BCUT2D eigenvalue weighted by Crippen LogP contribution is -2.41. The Kier molecular flexibility index (Phi) is 5.53. The Morgan fingerprint density at radius 2 is 2.05 bits per heavy atom. The van der Waals surface area contributed by atoms with Gasteiger partial charge in [-0.2, -0.15) is 0 Å². The van der Waals surface area contributed by atoms with Crippen LogP contribution in [0, 0.1) is 19.8 Å². The molecule has 0 bridgehead atoms. The maximum absolute atomic E-state index is 12.1. The summed E-state index contributed by atoms with van der Waals surface area (Å²) in [5, 5.41) is 3.21. The van der Waals surface area contributed by atoms with Gasteiger partial charge in [0.15, 0.2) is 0 Å². The van der Waals surface area contributed by atoms with Gasteiger partial charge in [-0.3, -0.25) is 4.79 Å². The molecule has 2 rings (SSSR count). The van der Waals surface area contributed by atoms with Gasteiger partial charge in [0.05, 0.1) is 5.75 Å². The van der Waals surface area contributed by atoms with E-state index < -0.39 is 0 Å². The summed E-state index contributed by atoms with van der Waals surface area (Å²) in [5.74, 6) is 1.32. The molecule has 0 aliphatic heterocycles. The molecule has 1 aliphatic rings. The molecule has 1 aromatic carbocycles. The van der Waals surface area contributed by atoms with Gasteiger partial charge in [0.1, 0.15) is 0 Å². The average molecular weight is 291 g/mol. The lowest BCUT2D eigenvalue weighted by Gasteiger charge is -2.29. The molecule has 110 valence electrons. The van der Waals surface area contributed by atoms with Crippen LogP contribution in [0.3, 0.4) is 0 Å². The summed E-state index contributed by atoms with van der Waals surface area (Å²) in [7, 11) is 0. The summed E-state index contributed by atoms with van der Waals surface area (Å²) in [6, 6.07) is 6.79. The number of carbonyl (C=O) groups is 1. The van der Waals surface area contributed by atoms with Crippen LogP contribution in [0.2, 0.25) is 0 Å². The van der Waals surface area contributed by atoms with E-state index in [1.165, 1.54) is 35.3 Å². The number of amides is 1. The Hall–Kier alpha value is -0.960. The molecule has 0 spiro atoms. The molecule has 1 aromatic rings. The molecule has 1 aliphatic carbocycles. The fraction of sp³-hybridized carbons (Fsp3) is 0.588. The highest BCUT2D eigenvalue weighted by Gasteiger charge is 2.22. The molecule has 1 fully saturated rings. The molecule has 2 atom stereocenters. The highest BCUT2D eigenvalue weighted by Crippen LogP contribution is 2.25. The molecule has 2 nitrogen and oxygen atoms in total. The summed E-state index contributed by atoms with van der Waals surface area (Å²) in [6.45, 7) is 6.44. The van der Waals surface area contributed by atoms with Crippen LogP contribution in [-0.2, 0) is 4.79 Å². The fourth-order valence-electron chi connectivity index (χ4n) is 2.79. The second-order valence-electron chi connectivity index (χ2n) is 5.99. The van der Waals surface area contributed by atoms with Gasteiger partial charge in [0, 0.05) is 10.9 Å². The van der Waals surface area contributed by atoms with Gasteiger partial charge in [0.2, 0.25) is 5.91 Å². The average Bonchev–Trinajstić information content (AvgIpc) is 2.42. The molecule has 3 heteroatoms. The van der Waals surface area contributed by atoms with Gasteiger partial charge in [-0.1, -0.05) is 37.5 Å². The molecule has 0 saturated heterocycles. The molecule has 1 amide bonds. The first-order valence-corrected chi connectivity index (χ1v) is 8.54. The lowest BCUT2D eigenvalue weighted by molar-refractivity contribution is -0.119. The Labute approximate surface area is 126 Å². The minimum atomic E-state index is 0.176. The highest BCUT2D eigenvalue weighted by atomic mass is 32.2. The van der Waals surface area contributed by atoms with Crippen LogP contribution in [0.15, 0.2) is 23.1 Å². The zero-order valence-electron chi connectivity index (χ0n) is 12.7. The van der Waals surface area contributed by atoms with Gasteiger partial charge in [-0.05, 0) is 44.2 Å². The van der Waals surface area contributed by atoms with Crippen molar-refractivity contribution in [1.29, 1.82) is 0 Å². The molecular weight excluding hydrogens is 266 g/mol. The van der Waals surface area contributed by atoms with Crippen molar-refractivity contribution in [2.24, 2.45) is 5.92 Å². The largest absolute Gasteiger partial charge is 0.352 e. The fourth-order valence-corrected chi connectivity index (χ4v) is 3.72. The summed E-state index contributed by atoms with van der Waals surface area (Å²) in [6.07, 6.45) is 4.94. The third kappa shape index (κ3) is 4.27. The third-order valence-corrected chi connectivity index (χ3v) is 5.32. The van der Waals surface area contributed by atoms with Crippen LogP contribution in [0.4, 0.5) is 0 Å². The molecule has 0 aromatic heterocycles. The summed E-state index contributed by atoms with van der Waals surface area (Å²) < 4.78 is 0. The van der Waals surface area contributed by atoms with E-state index in [2.05, 4.69) is 44.3 Å². The van der Waals surface area contributed by atoms with Crippen molar-refractivity contribution in [2.45, 2.75) is 57.4 Å². The van der Waals surface area contributed by atoms with E-state index in [1.54, 1.807) is 11.8 Å². The SMILES string of the molecule is Cc1ccc(C)c(SCC(=O)N[C@H]2CCCC[C@@H]2C)c1. The van der Waals surface area contributed by atoms with Crippen LogP contribution < -0.4 is 5.32 Å². The van der Waals surface area contributed by atoms with E-state index in [9.17, 15) is 4.79 Å². The standard InChI is InChI=1S/C17H25NOS/c1-12-8-9-14(3)16(10-12)20-11-17(19)18-15-7-5-4-6-13(15)2/h8-10,13,15H,4-7,11H2,1-3H3,(H,18,19)/t13-,15-/m0/s1. The number of benzene rings is 1. The molecule has 1 N–H and O–H groups in total. The van der Waals surface area contributed by atoms with E-state index in [0.717, 1.165) is 6.42 Å². The van der Waals surface area contributed by atoms with Crippen LogP contribution in [0.5, 0.6) is 0 Å². The van der Waals surface area contributed by atoms with Gasteiger partial charge < -0.3 is 5.32 Å². The van der Waals surface area contributed by atoms with Crippen molar-refractivity contribution in [2.75, 3.05) is 5.75 Å². The lowest BCUT2D eigenvalue weighted by atomic mass is 9.86. The van der Waals surface area contributed by atoms with Gasteiger partial charge in [-0.25, -0.2) is 0 Å². The van der Waals surface area contributed by atoms with Crippen molar-refractivity contribution in [3.8, 4) is 0 Å². The number of hydrogen-bond donors (Lipinski definition) is 1. The monoisotopic (exact) mass is 291 g/mol. The summed E-state index contributed by atoms with van der Waals surface area (Å²) in [5.41, 5.74) is 2.50. The minimum absolute atomic E-state index is 0.176. The molecule has 1 saturated carbocycles. The first-order valence-electron chi connectivity index (χ1n) is 7.55. The smallest absolute Gasteiger partial charge is 0.230 e. The number of aryl methyl sites for hydroxylation is 2. The maximum atomic E-state index is 12.1. The first-order chi connectivity index (χ1) is 9.56. The first kappa shape index (κ1) is 15.4. The predicted octanol–water partition coefficient (Wildman–Crippen LogP) is 4.09.